The van der Waals surface area contributed by atoms with Gasteiger partial charge in [-0.1, -0.05) is 0 Å². The maximum absolute atomic E-state index is 10.9. The Morgan fingerprint density at radius 1 is 1.41 bits per heavy atom. The van der Waals surface area contributed by atoms with Gasteiger partial charge in [0.25, 0.3) is 0 Å². The lowest BCUT2D eigenvalue weighted by atomic mass is 9.96. The van der Waals surface area contributed by atoms with Gasteiger partial charge in [0.1, 0.15) is 0 Å². The summed E-state index contributed by atoms with van der Waals surface area (Å²) in [7, 11) is 2.15. The van der Waals surface area contributed by atoms with Gasteiger partial charge in [0.15, 0.2) is 6.10 Å². The van der Waals surface area contributed by atoms with E-state index in [1.54, 1.807) is 0 Å². The number of carbonyl (C=O) groups is 1. The molecule has 2 aliphatic heterocycles. The highest BCUT2D eigenvalue weighted by atomic mass is 16.5. The minimum absolute atomic E-state index is 0.520. The lowest BCUT2D eigenvalue weighted by molar-refractivity contribution is -0.157. The van der Waals surface area contributed by atoms with Gasteiger partial charge in [0.05, 0.1) is 6.61 Å². The van der Waals surface area contributed by atoms with E-state index in [9.17, 15) is 4.79 Å². The van der Waals surface area contributed by atoms with Crippen LogP contribution in [0.3, 0.4) is 0 Å². The number of morpholine rings is 1. The van der Waals surface area contributed by atoms with Gasteiger partial charge in [0, 0.05) is 25.2 Å². The van der Waals surface area contributed by atoms with E-state index in [1.165, 1.54) is 0 Å². The predicted octanol–water partition coefficient (Wildman–Crippen LogP) is 0.255. The first-order chi connectivity index (χ1) is 8.08. The molecule has 98 valence electrons. The molecule has 3 unspecified atom stereocenters. The summed E-state index contributed by atoms with van der Waals surface area (Å²) in [6.07, 6.45) is 1.62. The second kappa shape index (κ2) is 5.33. The molecule has 5 nitrogen and oxygen atoms in total. The number of aliphatic carboxylic acids is 1. The second-order valence-electron chi connectivity index (χ2n) is 5.20. The zero-order valence-corrected chi connectivity index (χ0v) is 10.6. The molecule has 1 N–H and O–H groups in total. The summed E-state index contributed by atoms with van der Waals surface area (Å²) in [6.45, 7) is 5.28. The summed E-state index contributed by atoms with van der Waals surface area (Å²) in [5.74, 6) is -0.837. The van der Waals surface area contributed by atoms with Crippen LogP contribution in [0.2, 0.25) is 0 Å². The Balaban J connectivity index is 1.91. The fourth-order valence-electron chi connectivity index (χ4n) is 2.75. The number of nitrogens with zero attached hydrogens (tertiary/aromatic N) is 2. The summed E-state index contributed by atoms with van der Waals surface area (Å²) in [5.41, 5.74) is 0. The highest BCUT2D eigenvalue weighted by molar-refractivity contribution is 5.72. The van der Waals surface area contributed by atoms with E-state index >= 15 is 0 Å². The van der Waals surface area contributed by atoms with Crippen molar-refractivity contribution in [3.05, 3.63) is 0 Å². The quantitative estimate of drug-likeness (QED) is 0.752. The third-order valence-corrected chi connectivity index (χ3v) is 4.07. The summed E-state index contributed by atoms with van der Waals surface area (Å²) < 4.78 is 5.26. The Bertz CT molecular complexity index is 285. The van der Waals surface area contributed by atoms with Crippen LogP contribution in [0.1, 0.15) is 19.8 Å². The van der Waals surface area contributed by atoms with E-state index < -0.39 is 12.1 Å². The highest BCUT2D eigenvalue weighted by Gasteiger charge is 2.33. The number of piperidine rings is 1. The van der Waals surface area contributed by atoms with Crippen LogP contribution in [0, 0.1) is 0 Å². The fourth-order valence-corrected chi connectivity index (χ4v) is 2.75. The number of likely N-dealkylation sites (tertiary alicyclic amines) is 1. The first kappa shape index (κ1) is 12.8. The van der Waals surface area contributed by atoms with Crippen LogP contribution in [0.25, 0.3) is 0 Å². The van der Waals surface area contributed by atoms with Crippen LogP contribution in [0.4, 0.5) is 0 Å². The Morgan fingerprint density at radius 2 is 2.18 bits per heavy atom. The number of ether oxygens (including phenoxy) is 1. The molecule has 0 spiro atoms. The van der Waals surface area contributed by atoms with Crippen molar-refractivity contribution in [3.63, 3.8) is 0 Å². The van der Waals surface area contributed by atoms with Crippen LogP contribution < -0.4 is 0 Å². The second-order valence-corrected chi connectivity index (χ2v) is 5.20. The van der Waals surface area contributed by atoms with Gasteiger partial charge >= 0.3 is 5.97 Å². The van der Waals surface area contributed by atoms with E-state index in [4.69, 9.17) is 9.84 Å². The largest absolute Gasteiger partial charge is 0.479 e. The number of carboxylic acid groups (broad SMARTS) is 1. The number of rotatable bonds is 2. The molecule has 0 aromatic heterocycles. The van der Waals surface area contributed by atoms with Crippen molar-refractivity contribution >= 4 is 5.97 Å². The molecule has 0 saturated carbocycles. The molecule has 0 aliphatic carbocycles. The number of carboxylic acids is 1. The van der Waals surface area contributed by atoms with Crippen LogP contribution in [-0.4, -0.2) is 72.4 Å². The molecule has 3 atom stereocenters. The topological polar surface area (TPSA) is 53.0 Å². The summed E-state index contributed by atoms with van der Waals surface area (Å²) in [4.78, 5) is 15.6. The average molecular weight is 242 g/mol. The molecule has 2 saturated heterocycles. The molecule has 0 bridgehead atoms. The van der Waals surface area contributed by atoms with Gasteiger partial charge in [0.2, 0.25) is 0 Å². The van der Waals surface area contributed by atoms with E-state index in [1.807, 2.05) is 0 Å². The van der Waals surface area contributed by atoms with Crippen molar-refractivity contribution in [3.8, 4) is 0 Å². The van der Waals surface area contributed by atoms with Crippen molar-refractivity contribution < 1.29 is 14.6 Å². The molecule has 0 aromatic rings. The first-order valence-corrected chi connectivity index (χ1v) is 6.36. The van der Waals surface area contributed by atoms with Crippen LogP contribution in [0.5, 0.6) is 0 Å². The van der Waals surface area contributed by atoms with E-state index in [0.29, 0.717) is 25.2 Å². The Morgan fingerprint density at radius 3 is 2.82 bits per heavy atom. The van der Waals surface area contributed by atoms with Crippen LogP contribution in [0.15, 0.2) is 0 Å². The molecule has 2 rings (SSSR count). The molecule has 0 aromatic carbocycles. The first-order valence-electron chi connectivity index (χ1n) is 6.36. The lowest BCUT2D eigenvalue weighted by Gasteiger charge is -2.43. The van der Waals surface area contributed by atoms with Gasteiger partial charge in [-0.05, 0) is 33.4 Å². The standard InChI is InChI=1S/C12H22N2O3/c1-9-7-10(3-4-13(9)2)14-5-6-17-11(8-14)12(15)16/h9-11H,3-8H2,1-2H3,(H,15,16). The molecular weight excluding hydrogens is 220 g/mol. The van der Waals surface area contributed by atoms with E-state index in [0.717, 1.165) is 25.9 Å². The fraction of sp³-hybridized carbons (Fsp3) is 0.917. The lowest BCUT2D eigenvalue weighted by Crippen LogP contribution is -2.54. The molecule has 2 aliphatic rings. The third-order valence-electron chi connectivity index (χ3n) is 4.07. The van der Waals surface area contributed by atoms with Gasteiger partial charge in [-0.15, -0.1) is 0 Å². The van der Waals surface area contributed by atoms with E-state index in [-0.39, 0.29) is 0 Å². The molecule has 17 heavy (non-hydrogen) atoms. The zero-order valence-electron chi connectivity index (χ0n) is 10.6. The van der Waals surface area contributed by atoms with Crippen molar-refractivity contribution in [1.82, 2.24) is 9.80 Å². The maximum Gasteiger partial charge on any atom is 0.334 e. The normalized spacial score (nSPS) is 36.9. The number of hydrogen-bond acceptors (Lipinski definition) is 4. The Kier molecular flexibility index (Phi) is 4.01. The molecule has 2 heterocycles. The summed E-state index contributed by atoms with van der Waals surface area (Å²) in [5, 5.41) is 8.99. The molecule has 0 radical (unpaired) electrons. The maximum atomic E-state index is 10.9. The van der Waals surface area contributed by atoms with Gasteiger partial charge in [-0.25, -0.2) is 4.79 Å². The van der Waals surface area contributed by atoms with Crippen molar-refractivity contribution in [2.45, 2.75) is 38.0 Å². The van der Waals surface area contributed by atoms with Gasteiger partial charge < -0.3 is 14.7 Å². The zero-order chi connectivity index (χ0) is 12.4. The van der Waals surface area contributed by atoms with Gasteiger partial charge in [-0.3, -0.25) is 4.90 Å². The van der Waals surface area contributed by atoms with E-state index in [2.05, 4.69) is 23.8 Å². The minimum atomic E-state index is -0.837. The van der Waals surface area contributed by atoms with Crippen LogP contribution >= 0.6 is 0 Å². The summed E-state index contributed by atoms with van der Waals surface area (Å²) in [6, 6.07) is 1.10. The third kappa shape index (κ3) is 2.97. The van der Waals surface area contributed by atoms with Crippen molar-refractivity contribution in [2.75, 3.05) is 33.3 Å². The number of hydrogen-bond donors (Lipinski definition) is 1. The molecule has 5 heteroatoms. The predicted molar refractivity (Wildman–Crippen MR) is 64.1 cm³/mol. The molecular formula is C12H22N2O3. The molecule has 2 fully saturated rings. The Hall–Kier alpha value is -0.650. The minimum Gasteiger partial charge on any atom is -0.479 e. The highest BCUT2D eigenvalue weighted by Crippen LogP contribution is 2.22. The smallest absolute Gasteiger partial charge is 0.334 e. The average Bonchev–Trinajstić information content (AvgIpc) is 2.33. The summed E-state index contributed by atoms with van der Waals surface area (Å²) >= 11 is 0. The van der Waals surface area contributed by atoms with Crippen molar-refractivity contribution in [2.24, 2.45) is 0 Å². The van der Waals surface area contributed by atoms with Crippen molar-refractivity contribution in [1.29, 1.82) is 0 Å². The van der Waals surface area contributed by atoms with Gasteiger partial charge in [-0.2, -0.15) is 0 Å². The SMILES string of the molecule is CC1CC(N2CCOC(C(=O)O)C2)CCN1C. The monoisotopic (exact) mass is 242 g/mol. The Labute approximate surface area is 102 Å². The van der Waals surface area contributed by atoms with Crippen LogP contribution in [-0.2, 0) is 9.53 Å². The molecule has 0 amide bonds.